The Morgan fingerprint density at radius 3 is 1.93 bits per heavy atom. The van der Waals surface area contributed by atoms with Gasteiger partial charge < -0.3 is 4.90 Å². The number of carbonyl (C=O) groups excluding carboxylic acids is 2. The molecule has 0 radical (unpaired) electrons. The topological polar surface area (TPSA) is 106 Å². The van der Waals surface area contributed by atoms with E-state index in [0.29, 0.717) is 29.8 Å². The highest BCUT2D eigenvalue weighted by molar-refractivity contribution is 6.30. The van der Waals surface area contributed by atoms with Crippen molar-refractivity contribution in [1.29, 1.82) is 5.26 Å². The number of hydrogen-bond acceptors (Lipinski definition) is 6. The first-order valence-electron chi connectivity index (χ1n) is 14.2. The summed E-state index contributed by atoms with van der Waals surface area (Å²) < 4.78 is 0. The fourth-order valence-corrected chi connectivity index (χ4v) is 5.35. The SMILES string of the molecule is N#Cc1ccc(CN2CCC(N=[N+]=NC(=O)c3ccc(C(=O)N4CCN(Cc5ccc(Cl)cc5)CC4)cc3)CC2)cc1. The molecular formula is C32H33ClN7O2+. The lowest BCUT2D eigenvalue weighted by Gasteiger charge is -2.34. The van der Waals surface area contributed by atoms with Gasteiger partial charge in [-0.3, -0.25) is 19.4 Å². The molecule has 42 heavy (non-hydrogen) atoms. The molecule has 3 aromatic rings. The van der Waals surface area contributed by atoms with E-state index in [9.17, 15) is 9.59 Å². The molecule has 0 atom stereocenters. The molecule has 10 heteroatoms. The van der Waals surface area contributed by atoms with Gasteiger partial charge in [0.05, 0.1) is 11.6 Å². The van der Waals surface area contributed by atoms with Crippen LogP contribution < -0.4 is 4.91 Å². The van der Waals surface area contributed by atoms with E-state index in [4.69, 9.17) is 16.9 Å². The first-order chi connectivity index (χ1) is 20.5. The molecule has 2 saturated heterocycles. The van der Waals surface area contributed by atoms with E-state index in [2.05, 4.69) is 31.0 Å². The minimum absolute atomic E-state index is 0.0328. The standard InChI is InChI=1S/C32H33ClN7O2/c33-29-11-5-26(6-12-29)23-39-17-19-40(20-18-39)32(42)28-9-7-27(8-10-28)31(41)36-37-35-30-13-15-38(16-14-30)22-25-3-1-24(21-34)2-4-25/h1-12,30H,13-20,22-23H2/q+1. The Hall–Kier alpha value is -4.19. The fourth-order valence-electron chi connectivity index (χ4n) is 5.23. The summed E-state index contributed by atoms with van der Waals surface area (Å²) in [6.07, 6.45) is 1.69. The van der Waals surface area contributed by atoms with Crippen LogP contribution in [0.3, 0.4) is 0 Å². The molecule has 0 saturated carbocycles. The van der Waals surface area contributed by atoms with Crippen LogP contribution in [0.4, 0.5) is 0 Å². The Balaban J connectivity index is 1.05. The van der Waals surface area contributed by atoms with Crippen LogP contribution in [0.15, 0.2) is 83.0 Å². The Morgan fingerprint density at radius 2 is 1.33 bits per heavy atom. The van der Waals surface area contributed by atoms with Crippen molar-refractivity contribution in [2.24, 2.45) is 10.2 Å². The molecule has 2 aliphatic heterocycles. The van der Waals surface area contributed by atoms with E-state index < -0.39 is 5.91 Å². The summed E-state index contributed by atoms with van der Waals surface area (Å²) in [6, 6.07) is 24.3. The van der Waals surface area contributed by atoms with Gasteiger partial charge >= 0.3 is 5.91 Å². The first-order valence-corrected chi connectivity index (χ1v) is 14.6. The maximum absolute atomic E-state index is 13.0. The van der Waals surface area contributed by atoms with Crippen LogP contribution in [0.5, 0.6) is 0 Å². The van der Waals surface area contributed by atoms with Crippen LogP contribution in [0.2, 0.25) is 5.02 Å². The summed E-state index contributed by atoms with van der Waals surface area (Å²) in [5.74, 6) is -0.519. The highest BCUT2D eigenvalue weighted by atomic mass is 35.5. The van der Waals surface area contributed by atoms with Gasteiger partial charge in [0, 0.05) is 68.5 Å². The van der Waals surface area contributed by atoms with Gasteiger partial charge in [0.2, 0.25) is 10.0 Å². The minimum atomic E-state index is -0.480. The van der Waals surface area contributed by atoms with Crippen LogP contribution in [0, 0.1) is 11.3 Å². The summed E-state index contributed by atoms with van der Waals surface area (Å²) in [6.45, 7) is 6.31. The summed E-state index contributed by atoms with van der Waals surface area (Å²) >= 11 is 5.98. The Morgan fingerprint density at radius 1 is 0.786 bits per heavy atom. The average molecular weight is 583 g/mol. The molecule has 0 unspecified atom stereocenters. The van der Waals surface area contributed by atoms with Crippen LogP contribution >= 0.6 is 11.6 Å². The van der Waals surface area contributed by atoms with Crippen molar-refractivity contribution in [2.45, 2.75) is 32.0 Å². The summed E-state index contributed by atoms with van der Waals surface area (Å²) in [4.78, 5) is 35.9. The molecule has 214 valence electrons. The van der Waals surface area contributed by atoms with Gasteiger partial charge in [-0.15, -0.1) is 0 Å². The number of piperidine rings is 1. The van der Waals surface area contributed by atoms with E-state index in [-0.39, 0.29) is 11.9 Å². The second-order valence-electron chi connectivity index (χ2n) is 10.7. The molecule has 0 aromatic heterocycles. The highest BCUT2D eigenvalue weighted by Crippen LogP contribution is 2.17. The summed E-state index contributed by atoms with van der Waals surface area (Å²) in [7, 11) is 0. The van der Waals surface area contributed by atoms with Gasteiger partial charge in [-0.2, -0.15) is 5.26 Å². The summed E-state index contributed by atoms with van der Waals surface area (Å²) in [5.41, 5.74) is 3.96. The molecule has 3 aromatic carbocycles. The third-order valence-electron chi connectivity index (χ3n) is 7.75. The van der Waals surface area contributed by atoms with Gasteiger partial charge in [0.25, 0.3) is 5.91 Å². The number of likely N-dealkylation sites (tertiary alicyclic amines) is 1. The second kappa shape index (κ2) is 14.1. The monoisotopic (exact) mass is 582 g/mol. The van der Waals surface area contributed by atoms with Gasteiger partial charge in [0.1, 0.15) is 11.2 Å². The van der Waals surface area contributed by atoms with Gasteiger partial charge in [-0.1, -0.05) is 35.9 Å². The largest absolute Gasteiger partial charge is 0.360 e. The predicted molar refractivity (Wildman–Crippen MR) is 160 cm³/mol. The maximum atomic E-state index is 13.0. The van der Waals surface area contributed by atoms with Crippen molar-refractivity contribution < 1.29 is 9.59 Å². The van der Waals surface area contributed by atoms with Crippen LogP contribution in [-0.2, 0) is 13.1 Å². The Kier molecular flexibility index (Phi) is 9.86. The average Bonchev–Trinajstić information content (AvgIpc) is 3.03. The van der Waals surface area contributed by atoms with Crippen LogP contribution in [0.25, 0.3) is 0 Å². The molecule has 9 nitrogen and oxygen atoms in total. The Bertz CT molecular complexity index is 1480. The van der Waals surface area contributed by atoms with E-state index in [1.807, 2.05) is 53.4 Å². The lowest BCUT2D eigenvalue weighted by molar-refractivity contribution is 0.0628. The normalized spacial score (nSPS) is 16.3. The molecule has 0 bridgehead atoms. The Labute approximate surface area is 250 Å². The van der Waals surface area contributed by atoms with Crippen molar-refractivity contribution in [3.8, 4) is 6.07 Å². The fraction of sp³-hybridized carbons (Fsp3) is 0.344. The van der Waals surface area contributed by atoms with Crippen molar-refractivity contribution >= 4 is 23.4 Å². The molecule has 0 spiro atoms. The zero-order valence-electron chi connectivity index (χ0n) is 23.4. The number of carbonyl (C=O) groups is 2. The molecule has 0 aliphatic carbocycles. The van der Waals surface area contributed by atoms with Gasteiger partial charge in [-0.25, -0.2) is 0 Å². The van der Waals surface area contributed by atoms with E-state index in [1.54, 1.807) is 24.3 Å². The lowest BCUT2D eigenvalue weighted by atomic mass is 10.0. The smallest absolute Gasteiger partial charge is 0.336 e. The molecule has 2 heterocycles. The molecule has 2 aliphatic rings. The van der Waals surface area contributed by atoms with Crippen molar-refractivity contribution in [3.05, 3.63) is 106 Å². The number of halogens is 1. The highest BCUT2D eigenvalue weighted by Gasteiger charge is 2.24. The zero-order valence-corrected chi connectivity index (χ0v) is 24.2. The molecule has 2 amide bonds. The zero-order chi connectivity index (χ0) is 29.3. The molecule has 0 N–H and O–H groups in total. The first kappa shape index (κ1) is 29.3. The van der Waals surface area contributed by atoms with Crippen molar-refractivity contribution in [2.75, 3.05) is 39.3 Å². The number of nitrogens with zero attached hydrogens (tertiary/aromatic N) is 7. The minimum Gasteiger partial charge on any atom is -0.336 e. The maximum Gasteiger partial charge on any atom is 0.360 e. The number of nitriles is 1. The van der Waals surface area contributed by atoms with Crippen LogP contribution in [-0.4, -0.2) is 71.8 Å². The number of rotatable bonds is 7. The predicted octanol–water partition coefficient (Wildman–Crippen LogP) is 4.95. The molecule has 5 rings (SSSR count). The van der Waals surface area contributed by atoms with Gasteiger partial charge in [0.15, 0.2) is 0 Å². The third-order valence-corrected chi connectivity index (χ3v) is 8.01. The van der Waals surface area contributed by atoms with Crippen molar-refractivity contribution in [3.63, 3.8) is 0 Å². The number of piperazine rings is 1. The number of benzene rings is 3. The van der Waals surface area contributed by atoms with Crippen LogP contribution in [0.1, 0.15) is 50.2 Å². The second-order valence-corrected chi connectivity index (χ2v) is 11.1. The number of hydrogen-bond donors (Lipinski definition) is 0. The molecule has 2 fully saturated rings. The quantitative estimate of drug-likeness (QED) is 0.289. The lowest BCUT2D eigenvalue weighted by Crippen LogP contribution is -2.48. The number of amides is 2. The van der Waals surface area contributed by atoms with Gasteiger partial charge in [-0.05, 0) is 72.5 Å². The van der Waals surface area contributed by atoms with E-state index in [1.165, 1.54) is 11.1 Å². The molecular weight excluding hydrogens is 550 g/mol. The van der Waals surface area contributed by atoms with E-state index >= 15 is 0 Å². The third kappa shape index (κ3) is 7.96. The van der Waals surface area contributed by atoms with E-state index in [0.717, 1.165) is 57.1 Å². The van der Waals surface area contributed by atoms with Crippen molar-refractivity contribution in [1.82, 2.24) is 19.6 Å². The summed E-state index contributed by atoms with van der Waals surface area (Å²) in [5, 5.41) is 17.7.